The number of hydrogen-bond acceptors (Lipinski definition) is 4. The topological polar surface area (TPSA) is 56.7 Å². The van der Waals surface area contributed by atoms with Crippen LogP contribution in [-0.2, 0) is 7.05 Å². The Bertz CT molecular complexity index is 246. The van der Waals surface area contributed by atoms with Crippen LogP contribution in [0.15, 0.2) is 5.16 Å². The molecule has 1 aromatic heterocycles. The van der Waals surface area contributed by atoms with Crippen LogP contribution in [0.1, 0.15) is 12.2 Å². The molecule has 0 amide bonds. The standard InChI is InChI=1S/C7H14N4S/c1-6-9-10-7(11(6)2)12-5-3-4-8/h3-5,8H2,1-2H3. The van der Waals surface area contributed by atoms with Gasteiger partial charge in [-0.3, -0.25) is 0 Å². The summed E-state index contributed by atoms with van der Waals surface area (Å²) in [5.41, 5.74) is 5.38. The normalized spacial score (nSPS) is 10.6. The zero-order valence-electron chi connectivity index (χ0n) is 7.45. The van der Waals surface area contributed by atoms with Crippen LogP contribution in [0.25, 0.3) is 0 Å². The molecule has 0 bridgehead atoms. The van der Waals surface area contributed by atoms with E-state index in [1.54, 1.807) is 11.8 Å². The van der Waals surface area contributed by atoms with Crippen LogP contribution in [0.3, 0.4) is 0 Å². The largest absolute Gasteiger partial charge is 0.330 e. The first kappa shape index (κ1) is 9.54. The van der Waals surface area contributed by atoms with Crippen molar-refractivity contribution in [1.82, 2.24) is 14.8 Å². The monoisotopic (exact) mass is 186 g/mol. The Hall–Kier alpha value is -0.550. The van der Waals surface area contributed by atoms with Crippen molar-refractivity contribution in [3.05, 3.63) is 5.82 Å². The SMILES string of the molecule is Cc1nnc(SCCCN)n1C. The molecule has 4 nitrogen and oxygen atoms in total. The van der Waals surface area contributed by atoms with E-state index in [-0.39, 0.29) is 0 Å². The zero-order valence-corrected chi connectivity index (χ0v) is 8.27. The summed E-state index contributed by atoms with van der Waals surface area (Å²) in [7, 11) is 1.97. The maximum atomic E-state index is 5.38. The van der Waals surface area contributed by atoms with Crippen LogP contribution in [-0.4, -0.2) is 27.1 Å². The summed E-state index contributed by atoms with van der Waals surface area (Å²) in [6, 6.07) is 0. The molecule has 0 atom stereocenters. The van der Waals surface area contributed by atoms with Crippen LogP contribution in [0.5, 0.6) is 0 Å². The van der Waals surface area contributed by atoms with E-state index in [0.717, 1.165) is 29.7 Å². The minimum absolute atomic E-state index is 0.740. The van der Waals surface area contributed by atoms with Crippen molar-refractivity contribution in [1.29, 1.82) is 0 Å². The van der Waals surface area contributed by atoms with E-state index in [4.69, 9.17) is 5.73 Å². The van der Waals surface area contributed by atoms with Crippen molar-refractivity contribution in [2.24, 2.45) is 12.8 Å². The molecule has 5 heteroatoms. The molecule has 1 aromatic rings. The quantitative estimate of drug-likeness (QED) is 0.551. The minimum Gasteiger partial charge on any atom is -0.330 e. The van der Waals surface area contributed by atoms with Crippen molar-refractivity contribution in [2.75, 3.05) is 12.3 Å². The van der Waals surface area contributed by atoms with E-state index < -0.39 is 0 Å². The van der Waals surface area contributed by atoms with Gasteiger partial charge in [-0.15, -0.1) is 10.2 Å². The summed E-state index contributed by atoms with van der Waals surface area (Å²) in [5.74, 6) is 1.97. The lowest BCUT2D eigenvalue weighted by Gasteiger charge is -1.99. The van der Waals surface area contributed by atoms with Gasteiger partial charge in [0.05, 0.1) is 0 Å². The number of hydrogen-bond donors (Lipinski definition) is 1. The maximum Gasteiger partial charge on any atom is 0.190 e. The molecule has 0 aliphatic carbocycles. The first-order valence-corrected chi connectivity index (χ1v) is 4.93. The first-order chi connectivity index (χ1) is 5.75. The highest BCUT2D eigenvalue weighted by atomic mass is 32.2. The van der Waals surface area contributed by atoms with Gasteiger partial charge in [-0.05, 0) is 19.9 Å². The second-order valence-electron chi connectivity index (χ2n) is 2.58. The third-order valence-electron chi connectivity index (χ3n) is 1.63. The van der Waals surface area contributed by atoms with Gasteiger partial charge < -0.3 is 10.3 Å². The summed E-state index contributed by atoms with van der Waals surface area (Å²) in [6.45, 7) is 2.68. The molecule has 0 radical (unpaired) electrons. The van der Waals surface area contributed by atoms with Crippen LogP contribution < -0.4 is 5.73 Å². The molecule has 12 heavy (non-hydrogen) atoms. The Balaban J connectivity index is 2.46. The van der Waals surface area contributed by atoms with E-state index in [1.165, 1.54) is 0 Å². The highest BCUT2D eigenvalue weighted by Crippen LogP contribution is 2.15. The molecule has 0 aromatic carbocycles. The van der Waals surface area contributed by atoms with Gasteiger partial charge in [0.2, 0.25) is 0 Å². The summed E-state index contributed by atoms with van der Waals surface area (Å²) in [5, 5.41) is 8.95. The van der Waals surface area contributed by atoms with E-state index in [2.05, 4.69) is 10.2 Å². The van der Waals surface area contributed by atoms with Gasteiger partial charge >= 0.3 is 0 Å². The van der Waals surface area contributed by atoms with Crippen molar-refractivity contribution in [3.63, 3.8) is 0 Å². The first-order valence-electron chi connectivity index (χ1n) is 3.94. The number of aromatic nitrogens is 3. The van der Waals surface area contributed by atoms with Crippen LogP contribution in [0, 0.1) is 6.92 Å². The molecule has 1 heterocycles. The number of nitrogens with zero attached hydrogens (tertiary/aromatic N) is 3. The number of thioether (sulfide) groups is 1. The second kappa shape index (κ2) is 4.47. The van der Waals surface area contributed by atoms with Gasteiger partial charge in [0, 0.05) is 12.8 Å². The fourth-order valence-corrected chi connectivity index (χ4v) is 1.68. The molecule has 0 fully saturated rings. The van der Waals surface area contributed by atoms with Gasteiger partial charge in [0.15, 0.2) is 5.16 Å². The van der Waals surface area contributed by atoms with E-state index in [0.29, 0.717) is 0 Å². The lowest BCUT2D eigenvalue weighted by molar-refractivity contribution is 0.764. The summed E-state index contributed by atoms with van der Waals surface area (Å²) in [4.78, 5) is 0. The molecule has 68 valence electrons. The molecule has 0 aliphatic heterocycles. The molecular weight excluding hydrogens is 172 g/mol. The lowest BCUT2D eigenvalue weighted by Crippen LogP contribution is -2.00. The number of aryl methyl sites for hydroxylation is 1. The summed E-state index contributed by atoms with van der Waals surface area (Å²) >= 11 is 1.70. The van der Waals surface area contributed by atoms with Crippen molar-refractivity contribution >= 4 is 11.8 Å². The molecule has 1 rings (SSSR count). The molecule has 2 N–H and O–H groups in total. The Kier molecular flexibility index (Phi) is 3.55. The van der Waals surface area contributed by atoms with Crippen molar-refractivity contribution in [3.8, 4) is 0 Å². The van der Waals surface area contributed by atoms with E-state index >= 15 is 0 Å². The Morgan fingerprint density at radius 3 is 2.75 bits per heavy atom. The molecule has 0 unspecified atom stereocenters. The van der Waals surface area contributed by atoms with Gasteiger partial charge in [-0.1, -0.05) is 11.8 Å². The number of rotatable bonds is 4. The number of nitrogens with two attached hydrogens (primary N) is 1. The highest BCUT2D eigenvalue weighted by Gasteiger charge is 2.03. The van der Waals surface area contributed by atoms with E-state index in [9.17, 15) is 0 Å². The third kappa shape index (κ3) is 2.22. The molecule has 0 saturated carbocycles. The summed E-state index contributed by atoms with van der Waals surface area (Å²) in [6.07, 6.45) is 1.02. The van der Waals surface area contributed by atoms with Crippen molar-refractivity contribution < 1.29 is 0 Å². The Morgan fingerprint density at radius 2 is 2.25 bits per heavy atom. The molecule has 0 saturated heterocycles. The van der Waals surface area contributed by atoms with Crippen molar-refractivity contribution in [2.45, 2.75) is 18.5 Å². The van der Waals surface area contributed by atoms with E-state index in [1.807, 2.05) is 18.5 Å². The van der Waals surface area contributed by atoms with Gasteiger partial charge in [-0.2, -0.15) is 0 Å². The average molecular weight is 186 g/mol. The zero-order chi connectivity index (χ0) is 8.97. The third-order valence-corrected chi connectivity index (χ3v) is 2.74. The fourth-order valence-electron chi connectivity index (χ4n) is 0.760. The van der Waals surface area contributed by atoms with Gasteiger partial charge in [0.25, 0.3) is 0 Å². The fraction of sp³-hybridized carbons (Fsp3) is 0.714. The second-order valence-corrected chi connectivity index (χ2v) is 3.64. The predicted octanol–water partition coefficient (Wildman–Crippen LogP) is 0.564. The van der Waals surface area contributed by atoms with Gasteiger partial charge in [0.1, 0.15) is 5.82 Å². The molecule has 0 aliphatic rings. The Labute approximate surface area is 76.5 Å². The maximum absolute atomic E-state index is 5.38. The smallest absolute Gasteiger partial charge is 0.190 e. The molecule has 0 spiro atoms. The summed E-state index contributed by atoms with van der Waals surface area (Å²) < 4.78 is 1.99. The van der Waals surface area contributed by atoms with Crippen LogP contribution in [0.2, 0.25) is 0 Å². The predicted molar refractivity (Wildman–Crippen MR) is 50.1 cm³/mol. The minimum atomic E-state index is 0.740. The lowest BCUT2D eigenvalue weighted by atomic mass is 10.5. The van der Waals surface area contributed by atoms with Crippen LogP contribution in [0.4, 0.5) is 0 Å². The Morgan fingerprint density at radius 1 is 1.50 bits per heavy atom. The van der Waals surface area contributed by atoms with Crippen LogP contribution >= 0.6 is 11.8 Å². The van der Waals surface area contributed by atoms with Gasteiger partial charge in [-0.25, -0.2) is 0 Å². The molecular formula is C7H14N4S. The highest BCUT2D eigenvalue weighted by molar-refractivity contribution is 7.99. The average Bonchev–Trinajstić information content (AvgIpc) is 2.36.